The molecular formula is C25H26N6O. The number of aromatic nitrogens is 2. The van der Waals surface area contributed by atoms with Crippen molar-refractivity contribution in [3.63, 3.8) is 0 Å². The van der Waals surface area contributed by atoms with Crippen LogP contribution in [0, 0.1) is 11.8 Å². The van der Waals surface area contributed by atoms with Crippen LogP contribution in [0.1, 0.15) is 11.1 Å². The lowest BCUT2D eigenvalue weighted by Crippen LogP contribution is -2.49. The average Bonchev–Trinajstić information content (AvgIpc) is 2.85. The molecule has 1 saturated heterocycles. The minimum absolute atomic E-state index is 0.213. The van der Waals surface area contributed by atoms with Gasteiger partial charge in [0.05, 0.1) is 0 Å². The van der Waals surface area contributed by atoms with Crippen LogP contribution in [0.5, 0.6) is 0 Å². The van der Waals surface area contributed by atoms with Crippen molar-refractivity contribution in [2.45, 2.75) is 0 Å². The van der Waals surface area contributed by atoms with Crippen molar-refractivity contribution in [2.75, 3.05) is 49.5 Å². The fourth-order valence-electron chi connectivity index (χ4n) is 3.47. The molecule has 1 aliphatic rings. The quantitative estimate of drug-likeness (QED) is 0.614. The number of piperazine rings is 1. The van der Waals surface area contributed by atoms with E-state index < -0.39 is 0 Å². The van der Waals surface area contributed by atoms with Crippen LogP contribution in [0.2, 0.25) is 0 Å². The SMILES string of the molecule is O=C(NCCN1CCN(c2ncccn2)CC1)Nc1cccc(C#Cc2ccccc2)c1. The number of nitrogens with zero attached hydrogens (tertiary/aromatic N) is 4. The van der Waals surface area contributed by atoms with E-state index in [4.69, 9.17) is 0 Å². The highest BCUT2D eigenvalue weighted by Crippen LogP contribution is 2.11. The molecule has 32 heavy (non-hydrogen) atoms. The first-order valence-corrected chi connectivity index (χ1v) is 10.7. The van der Waals surface area contributed by atoms with Gasteiger partial charge in [0.25, 0.3) is 0 Å². The number of nitrogens with one attached hydrogen (secondary N) is 2. The lowest BCUT2D eigenvalue weighted by molar-refractivity contribution is 0.240. The van der Waals surface area contributed by atoms with Crippen LogP contribution >= 0.6 is 0 Å². The molecule has 4 rings (SSSR count). The lowest BCUT2D eigenvalue weighted by Gasteiger charge is -2.34. The van der Waals surface area contributed by atoms with Gasteiger partial charge in [0.1, 0.15) is 0 Å². The first-order valence-electron chi connectivity index (χ1n) is 10.7. The predicted molar refractivity (Wildman–Crippen MR) is 127 cm³/mol. The molecule has 2 amide bonds. The van der Waals surface area contributed by atoms with Crippen molar-refractivity contribution in [3.05, 3.63) is 84.2 Å². The minimum Gasteiger partial charge on any atom is -0.338 e. The summed E-state index contributed by atoms with van der Waals surface area (Å²) in [5, 5.41) is 5.82. The Balaban J connectivity index is 1.19. The number of carbonyl (C=O) groups excluding carboxylic acids is 1. The molecule has 0 atom stereocenters. The number of amides is 2. The summed E-state index contributed by atoms with van der Waals surface area (Å²) in [6, 6.07) is 19.0. The molecule has 2 heterocycles. The largest absolute Gasteiger partial charge is 0.338 e. The summed E-state index contributed by atoms with van der Waals surface area (Å²) >= 11 is 0. The van der Waals surface area contributed by atoms with Gasteiger partial charge in [0.2, 0.25) is 5.95 Å². The standard InChI is InChI=1S/C25H26N6O/c32-25(28-14-15-30-16-18-31(19-17-30)24-26-12-5-13-27-24)29-23-9-4-8-22(20-23)11-10-21-6-2-1-3-7-21/h1-9,12-13,20H,14-19H2,(H2,28,29,32). The van der Waals surface area contributed by atoms with Crippen LogP contribution < -0.4 is 15.5 Å². The topological polar surface area (TPSA) is 73.4 Å². The van der Waals surface area contributed by atoms with Gasteiger partial charge in [-0.15, -0.1) is 0 Å². The van der Waals surface area contributed by atoms with Crippen molar-refractivity contribution in [2.24, 2.45) is 0 Å². The Morgan fingerprint density at radius 3 is 2.38 bits per heavy atom. The predicted octanol–water partition coefficient (Wildman–Crippen LogP) is 2.82. The number of anilines is 2. The summed E-state index contributed by atoms with van der Waals surface area (Å²) in [4.78, 5) is 25.4. The highest BCUT2D eigenvalue weighted by atomic mass is 16.2. The van der Waals surface area contributed by atoms with Gasteiger partial charge in [-0.05, 0) is 36.4 Å². The molecule has 2 N–H and O–H groups in total. The van der Waals surface area contributed by atoms with E-state index in [2.05, 4.69) is 42.2 Å². The van der Waals surface area contributed by atoms with Gasteiger partial charge in [-0.2, -0.15) is 0 Å². The normalized spacial score (nSPS) is 13.7. The zero-order valence-corrected chi connectivity index (χ0v) is 17.9. The van der Waals surface area contributed by atoms with Gasteiger partial charge in [-0.3, -0.25) is 4.90 Å². The molecule has 1 aliphatic heterocycles. The molecule has 0 saturated carbocycles. The summed E-state index contributed by atoms with van der Waals surface area (Å²) in [5.41, 5.74) is 2.53. The second-order valence-electron chi connectivity index (χ2n) is 7.46. The fourth-order valence-corrected chi connectivity index (χ4v) is 3.47. The molecule has 3 aromatic rings. The van der Waals surface area contributed by atoms with Gasteiger partial charge in [0.15, 0.2) is 0 Å². The van der Waals surface area contributed by atoms with E-state index >= 15 is 0 Å². The molecule has 2 aromatic carbocycles. The van der Waals surface area contributed by atoms with Crippen LogP contribution in [-0.2, 0) is 0 Å². The third kappa shape index (κ3) is 6.30. The number of rotatable bonds is 5. The molecule has 162 valence electrons. The monoisotopic (exact) mass is 426 g/mol. The Kier molecular flexibility index (Phi) is 7.29. The third-order valence-electron chi connectivity index (χ3n) is 5.17. The second-order valence-corrected chi connectivity index (χ2v) is 7.46. The summed E-state index contributed by atoms with van der Waals surface area (Å²) in [7, 11) is 0. The van der Waals surface area contributed by atoms with Crippen LogP contribution in [0.4, 0.5) is 16.4 Å². The van der Waals surface area contributed by atoms with E-state index in [0.717, 1.165) is 55.5 Å². The third-order valence-corrected chi connectivity index (χ3v) is 5.17. The van der Waals surface area contributed by atoms with Crippen molar-refractivity contribution in [1.29, 1.82) is 0 Å². The number of carbonyl (C=O) groups is 1. The molecule has 0 radical (unpaired) electrons. The van der Waals surface area contributed by atoms with Gasteiger partial charge in [0, 0.05) is 68.5 Å². The Labute approximate surface area is 188 Å². The van der Waals surface area contributed by atoms with E-state index in [1.807, 2.05) is 60.7 Å². The smallest absolute Gasteiger partial charge is 0.319 e. The lowest BCUT2D eigenvalue weighted by atomic mass is 10.1. The molecule has 0 spiro atoms. The van der Waals surface area contributed by atoms with E-state index in [1.165, 1.54) is 0 Å². The molecule has 7 heteroatoms. The summed E-state index contributed by atoms with van der Waals surface area (Å²) in [6.45, 7) is 4.99. The maximum Gasteiger partial charge on any atom is 0.319 e. The second kappa shape index (κ2) is 10.9. The van der Waals surface area contributed by atoms with Crippen LogP contribution in [0.25, 0.3) is 0 Å². The fraction of sp³-hybridized carbons (Fsp3) is 0.240. The highest BCUT2D eigenvalue weighted by molar-refractivity contribution is 5.89. The minimum atomic E-state index is -0.213. The van der Waals surface area contributed by atoms with Gasteiger partial charge in [-0.25, -0.2) is 14.8 Å². The van der Waals surface area contributed by atoms with Gasteiger partial charge in [-0.1, -0.05) is 36.1 Å². The van der Waals surface area contributed by atoms with E-state index in [1.54, 1.807) is 12.4 Å². The molecule has 0 aliphatic carbocycles. The van der Waals surface area contributed by atoms with Crippen molar-refractivity contribution in [3.8, 4) is 11.8 Å². The van der Waals surface area contributed by atoms with Gasteiger partial charge >= 0.3 is 6.03 Å². The number of hydrogen-bond donors (Lipinski definition) is 2. The molecule has 1 fully saturated rings. The van der Waals surface area contributed by atoms with Crippen molar-refractivity contribution in [1.82, 2.24) is 20.2 Å². The number of hydrogen-bond acceptors (Lipinski definition) is 5. The van der Waals surface area contributed by atoms with Gasteiger partial charge < -0.3 is 15.5 Å². The first kappa shape index (κ1) is 21.3. The van der Waals surface area contributed by atoms with E-state index in [-0.39, 0.29) is 6.03 Å². The van der Waals surface area contributed by atoms with E-state index in [0.29, 0.717) is 6.54 Å². The zero-order chi connectivity index (χ0) is 22.0. The summed E-state index contributed by atoms with van der Waals surface area (Å²) < 4.78 is 0. The number of urea groups is 1. The first-order chi connectivity index (χ1) is 15.8. The number of benzene rings is 2. The highest BCUT2D eigenvalue weighted by Gasteiger charge is 2.18. The molecule has 0 bridgehead atoms. The maximum absolute atomic E-state index is 12.3. The molecule has 7 nitrogen and oxygen atoms in total. The Hall–Kier alpha value is -3.89. The zero-order valence-electron chi connectivity index (χ0n) is 17.9. The summed E-state index contributed by atoms with van der Waals surface area (Å²) in [5.74, 6) is 7.04. The molecular weight excluding hydrogens is 400 g/mol. The van der Waals surface area contributed by atoms with Crippen LogP contribution in [0.15, 0.2) is 73.1 Å². The molecule has 1 aromatic heterocycles. The Bertz CT molecular complexity index is 1070. The summed E-state index contributed by atoms with van der Waals surface area (Å²) in [6.07, 6.45) is 3.53. The van der Waals surface area contributed by atoms with Crippen LogP contribution in [-0.4, -0.2) is 60.2 Å². The van der Waals surface area contributed by atoms with Crippen LogP contribution in [0.3, 0.4) is 0 Å². The average molecular weight is 427 g/mol. The van der Waals surface area contributed by atoms with Crippen molar-refractivity contribution < 1.29 is 4.79 Å². The Morgan fingerprint density at radius 2 is 1.59 bits per heavy atom. The van der Waals surface area contributed by atoms with E-state index in [9.17, 15) is 4.79 Å². The maximum atomic E-state index is 12.3. The Morgan fingerprint density at radius 1 is 0.875 bits per heavy atom. The molecule has 0 unspecified atom stereocenters. The van der Waals surface area contributed by atoms with Crippen molar-refractivity contribution >= 4 is 17.7 Å².